The van der Waals surface area contributed by atoms with Crippen molar-refractivity contribution in [1.29, 1.82) is 0 Å². The van der Waals surface area contributed by atoms with Crippen LogP contribution in [0.1, 0.15) is 12.8 Å². The van der Waals surface area contributed by atoms with Crippen LogP contribution in [0.4, 0.5) is 0 Å². The molecule has 0 spiro atoms. The summed E-state index contributed by atoms with van der Waals surface area (Å²) in [6, 6.07) is 0. The molecule has 0 aromatic carbocycles. The minimum Gasteiger partial charge on any atom is -0.372 e. The van der Waals surface area contributed by atoms with Crippen LogP contribution in [-0.2, 0) is 4.74 Å². The number of likely N-dealkylation sites (N-methyl/N-ethyl adjacent to an activating group) is 1. The van der Waals surface area contributed by atoms with Gasteiger partial charge in [0.1, 0.15) is 0 Å². The first-order chi connectivity index (χ1) is 7.74. The summed E-state index contributed by atoms with van der Waals surface area (Å²) in [7, 11) is 4.22. The minimum atomic E-state index is 0.528. The van der Waals surface area contributed by atoms with E-state index < -0.39 is 0 Å². The molecule has 0 amide bonds. The third kappa shape index (κ3) is 3.70. The molecule has 0 aromatic heterocycles. The topological polar surface area (TPSA) is 27.7 Å². The van der Waals surface area contributed by atoms with E-state index in [0.29, 0.717) is 12.2 Å². The van der Waals surface area contributed by atoms with Crippen LogP contribution in [-0.4, -0.2) is 75.4 Å². The van der Waals surface area contributed by atoms with Gasteiger partial charge in [-0.2, -0.15) is 0 Å². The zero-order valence-corrected chi connectivity index (χ0v) is 10.6. The molecule has 2 aliphatic heterocycles. The van der Waals surface area contributed by atoms with Crippen molar-refractivity contribution >= 4 is 0 Å². The zero-order valence-electron chi connectivity index (χ0n) is 10.6. The van der Waals surface area contributed by atoms with Gasteiger partial charge in [-0.1, -0.05) is 0 Å². The van der Waals surface area contributed by atoms with Crippen molar-refractivity contribution in [2.75, 3.05) is 53.4 Å². The molecule has 2 fully saturated rings. The zero-order chi connectivity index (χ0) is 11.4. The molecule has 2 unspecified atom stereocenters. The first kappa shape index (κ1) is 12.3. The van der Waals surface area contributed by atoms with Crippen LogP contribution in [0.3, 0.4) is 0 Å². The predicted molar refractivity (Wildman–Crippen MR) is 65.8 cm³/mol. The highest BCUT2D eigenvalue weighted by molar-refractivity contribution is 4.84. The molecule has 94 valence electrons. The molecule has 0 saturated carbocycles. The molecule has 16 heavy (non-hydrogen) atoms. The average Bonchev–Trinajstić information content (AvgIpc) is 2.57. The maximum atomic E-state index is 5.82. The van der Waals surface area contributed by atoms with Crippen molar-refractivity contribution in [3.8, 4) is 0 Å². The summed E-state index contributed by atoms with van der Waals surface area (Å²) in [6.07, 6.45) is 3.60. The van der Waals surface area contributed by atoms with Gasteiger partial charge in [0.15, 0.2) is 0 Å². The summed E-state index contributed by atoms with van der Waals surface area (Å²) in [6.45, 7) is 6.77. The maximum Gasteiger partial charge on any atom is 0.0707 e. The number of rotatable bonds is 6. The monoisotopic (exact) mass is 227 g/mol. The lowest BCUT2D eigenvalue weighted by Gasteiger charge is -2.32. The number of nitrogens with one attached hydrogen (secondary N) is 1. The van der Waals surface area contributed by atoms with Gasteiger partial charge < -0.3 is 15.0 Å². The first-order valence-electron chi connectivity index (χ1n) is 6.47. The number of morpholine rings is 1. The average molecular weight is 227 g/mol. The molecule has 2 atom stereocenters. The van der Waals surface area contributed by atoms with Gasteiger partial charge in [-0.05, 0) is 26.9 Å². The van der Waals surface area contributed by atoms with Crippen LogP contribution in [0.25, 0.3) is 0 Å². The number of ether oxygens (including phenoxy) is 1. The maximum absolute atomic E-state index is 5.82. The summed E-state index contributed by atoms with van der Waals surface area (Å²) >= 11 is 0. The Bertz CT molecular complexity index is 198. The van der Waals surface area contributed by atoms with Crippen LogP contribution in [0.15, 0.2) is 0 Å². The largest absolute Gasteiger partial charge is 0.372 e. The Morgan fingerprint density at radius 3 is 2.50 bits per heavy atom. The quantitative estimate of drug-likeness (QED) is 0.647. The molecule has 2 bridgehead atoms. The smallest absolute Gasteiger partial charge is 0.0707 e. The molecule has 2 rings (SSSR count). The number of hydrogen-bond donors (Lipinski definition) is 1. The van der Waals surface area contributed by atoms with E-state index in [9.17, 15) is 0 Å². The summed E-state index contributed by atoms with van der Waals surface area (Å²) in [5.74, 6) is 0. The Kier molecular flexibility index (Phi) is 4.58. The molecule has 0 aromatic rings. The number of fused-ring (bicyclic) bond motifs is 2. The molecule has 4 nitrogen and oxygen atoms in total. The lowest BCUT2D eigenvalue weighted by Crippen LogP contribution is -2.45. The Balaban J connectivity index is 1.53. The fourth-order valence-electron chi connectivity index (χ4n) is 2.55. The van der Waals surface area contributed by atoms with Crippen molar-refractivity contribution in [2.24, 2.45) is 0 Å². The van der Waals surface area contributed by atoms with Crippen molar-refractivity contribution in [2.45, 2.75) is 25.0 Å². The van der Waals surface area contributed by atoms with Crippen LogP contribution in [0, 0.1) is 0 Å². The van der Waals surface area contributed by atoms with E-state index >= 15 is 0 Å². The van der Waals surface area contributed by atoms with Gasteiger partial charge in [-0.15, -0.1) is 0 Å². The molecular weight excluding hydrogens is 202 g/mol. The highest BCUT2D eigenvalue weighted by atomic mass is 16.5. The van der Waals surface area contributed by atoms with Crippen molar-refractivity contribution in [1.82, 2.24) is 15.1 Å². The van der Waals surface area contributed by atoms with Crippen LogP contribution in [0.5, 0.6) is 0 Å². The molecule has 0 radical (unpaired) electrons. The van der Waals surface area contributed by atoms with Crippen LogP contribution < -0.4 is 5.32 Å². The predicted octanol–water partition coefficient (Wildman–Crippen LogP) is 0.000800. The summed E-state index contributed by atoms with van der Waals surface area (Å²) < 4.78 is 5.82. The second-order valence-corrected chi connectivity index (χ2v) is 5.27. The number of likely N-dealkylation sites (tertiary alicyclic amines) is 1. The van der Waals surface area contributed by atoms with Gasteiger partial charge in [-0.25, -0.2) is 0 Å². The molecule has 1 N–H and O–H groups in total. The Morgan fingerprint density at radius 1 is 1.19 bits per heavy atom. The van der Waals surface area contributed by atoms with Crippen LogP contribution >= 0.6 is 0 Å². The molecule has 2 aliphatic rings. The summed E-state index contributed by atoms with van der Waals surface area (Å²) in [5, 5.41) is 3.49. The van der Waals surface area contributed by atoms with Gasteiger partial charge in [0.25, 0.3) is 0 Å². The van der Waals surface area contributed by atoms with E-state index in [1.807, 2.05) is 0 Å². The van der Waals surface area contributed by atoms with E-state index in [1.54, 1.807) is 0 Å². The summed E-state index contributed by atoms with van der Waals surface area (Å²) in [5.41, 5.74) is 0. The van der Waals surface area contributed by atoms with Gasteiger partial charge in [-0.3, -0.25) is 4.90 Å². The van der Waals surface area contributed by atoms with Gasteiger partial charge in [0.2, 0.25) is 0 Å². The third-order valence-electron chi connectivity index (χ3n) is 3.46. The first-order valence-corrected chi connectivity index (χ1v) is 6.47. The second-order valence-electron chi connectivity index (χ2n) is 5.27. The van der Waals surface area contributed by atoms with E-state index in [2.05, 4.69) is 29.2 Å². The fraction of sp³-hybridized carbons (Fsp3) is 1.00. The highest BCUT2D eigenvalue weighted by Crippen LogP contribution is 2.25. The Morgan fingerprint density at radius 2 is 1.88 bits per heavy atom. The van der Waals surface area contributed by atoms with Gasteiger partial charge in [0, 0.05) is 39.3 Å². The Hall–Kier alpha value is -0.160. The Labute approximate surface area is 98.9 Å². The molecular formula is C12H25N3O. The SMILES string of the molecule is CN(C)CCNCCN1CC2CCC(C1)O2. The standard InChI is InChI=1S/C12H25N3O/c1-14(2)7-5-13-6-8-15-9-11-3-4-12(10-15)16-11/h11-13H,3-10H2,1-2H3. The summed E-state index contributed by atoms with van der Waals surface area (Å²) in [4.78, 5) is 4.76. The molecule has 4 heteroatoms. The van der Waals surface area contributed by atoms with E-state index in [0.717, 1.165) is 32.7 Å². The van der Waals surface area contributed by atoms with E-state index in [1.165, 1.54) is 19.4 Å². The fourth-order valence-corrected chi connectivity index (χ4v) is 2.55. The highest BCUT2D eigenvalue weighted by Gasteiger charge is 2.33. The minimum absolute atomic E-state index is 0.528. The third-order valence-corrected chi connectivity index (χ3v) is 3.46. The van der Waals surface area contributed by atoms with Crippen LogP contribution in [0.2, 0.25) is 0 Å². The van der Waals surface area contributed by atoms with E-state index in [4.69, 9.17) is 4.74 Å². The van der Waals surface area contributed by atoms with Crippen molar-refractivity contribution in [3.05, 3.63) is 0 Å². The number of hydrogen-bond acceptors (Lipinski definition) is 4. The van der Waals surface area contributed by atoms with Gasteiger partial charge in [0.05, 0.1) is 12.2 Å². The lowest BCUT2D eigenvalue weighted by molar-refractivity contribution is -0.0376. The lowest BCUT2D eigenvalue weighted by atomic mass is 10.2. The van der Waals surface area contributed by atoms with E-state index in [-0.39, 0.29) is 0 Å². The molecule has 2 heterocycles. The molecule has 2 saturated heterocycles. The van der Waals surface area contributed by atoms with Crippen molar-refractivity contribution < 1.29 is 4.74 Å². The van der Waals surface area contributed by atoms with Gasteiger partial charge >= 0.3 is 0 Å². The number of nitrogens with zero attached hydrogens (tertiary/aromatic N) is 2. The normalized spacial score (nSPS) is 30.2. The van der Waals surface area contributed by atoms with Crippen molar-refractivity contribution in [3.63, 3.8) is 0 Å². The molecule has 0 aliphatic carbocycles. The second kappa shape index (κ2) is 5.96.